The zero-order valence-electron chi connectivity index (χ0n) is 19.2. The summed E-state index contributed by atoms with van der Waals surface area (Å²) in [5.41, 5.74) is 4.11. The number of methoxy groups -OCH3 is 1. The van der Waals surface area contributed by atoms with Crippen LogP contribution in [0.25, 0.3) is 11.1 Å². The first-order chi connectivity index (χ1) is 16.8. The zero-order valence-corrected chi connectivity index (χ0v) is 19.2. The molecule has 3 N–H and O–H groups in total. The number of nitro groups is 1. The fraction of sp³-hybridized carbons (Fsp3) is 0.280. The van der Waals surface area contributed by atoms with Gasteiger partial charge in [0.1, 0.15) is 18.8 Å². The Kier molecular flexibility index (Phi) is 6.94. The summed E-state index contributed by atoms with van der Waals surface area (Å²) in [5, 5.41) is 34.7. The maximum absolute atomic E-state index is 12.3. The molecule has 0 saturated carbocycles. The van der Waals surface area contributed by atoms with E-state index >= 15 is 0 Å². The van der Waals surface area contributed by atoms with Gasteiger partial charge in [-0.2, -0.15) is 0 Å². The van der Waals surface area contributed by atoms with E-state index in [1.165, 1.54) is 20.2 Å². The molecule has 0 bridgehead atoms. The summed E-state index contributed by atoms with van der Waals surface area (Å²) in [6.07, 6.45) is -2.54. The lowest BCUT2D eigenvalue weighted by Gasteiger charge is -2.20. The number of fused-ring (bicyclic) bond motifs is 3. The molecule has 10 heteroatoms. The molecular formula is C25H25N3O7. The second kappa shape index (κ2) is 10.1. The number of aliphatic hydroxyl groups is 2. The van der Waals surface area contributed by atoms with Gasteiger partial charge >= 0.3 is 11.8 Å². The van der Waals surface area contributed by atoms with Crippen LogP contribution in [0.2, 0.25) is 0 Å². The van der Waals surface area contributed by atoms with Crippen LogP contribution in [0.3, 0.4) is 0 Å². The maximum Gasteiger partial charge on any atom is 0.407 e. The number of carbonyl (C=O) groups excluding carboxylic acids is 1. The Morgan fingerprint density at radius 2 is 1.74 bits per heavy atom. The van der Waals surface area contributed by atoms with Crippen LogP contribution >= 0.6 is 0 Å². The van der Waals surface area contributed by atoms with Gasteiger partial charge in [-0.25, -0.2) is 9.78 Å². The second-order valence-electron chi connectivity index (χ2n) is 8.17. The number of aliphatic hydroxyl groups excluding tert-OH is 2. The third-order valence-electron chi connectivity index (χ3n) is 6.17. The molecule has 182 valence electrons. The summed E-state index contributed by atoms with van der Waals surface area (Å²) in [6.45, 7) is 1.19. The molecule has 1 amide bonds. The number of pyridine rings is 1. The number of aromatic nitrogens is 1. The molecule has 1 heterocycles. The quantitative estimate of drug-likeness (QED) is 0.330. The van der Waals surface area contributed by atoms with E-state index in [1.807, 2.05) is 48.5 Å². The molecule has 1 aromatic heterocycles. The first-order valence-electron chi connectivity index (χ1n) is 11.0. The Bertz CT molecular complexity index is 1220. The Morgan fingerprint density at radius 1 is 1.14 bits per heavy atom. The number of hydrogen-bond donors (Lipinski definition) is 3. The van der Waals surface area contributed by atoms with E-state index in [0.717, 1.165) is 22.3 Å². The van der Waals surface area contributed by atoms with Crippen LogP contribution in [0.5, 0.6) is 5.88 Å². The number of amides is 1. The van der Waals surface area contributed by atoms with Crippen molar-refractivity contribution in [3.05, 3.63) is 87.1 Å². The highest BCUT2D eigenvalue weighted by Crippen LogP contribution is 2.44. The molecule has 0 aliphatic heterocycles. The van der Waals surface area contributed by atoms with Crippen molar-refractivity contribution in [2.75, 3.05) is 20.3 Å². The van der Waals surface area contributed by atoms with E-state index in [-0.39, 0.29) is 36.1 Å². The van der Waals surface area contributed by atoms with Crippen molar-refractivity contribution in [3.8, 4) is 17.0 Å². The summed E-state index contributed by atoms with van der Waals surface area (Å²) in [6, 6.07) is 15.9. The topological polar surface area (TPSA) is 144 Å². The number of carbonyl (C=O) groups is 1. The van der Waals surface area contributed by atoms with E-state index in [2.05, 4.69) is 10.3 Å². The normalized spacial score (nSPS) is 13.9. The van der Waals surface area contributed by atoms with E-state index < -0.39 is 28.9 Å². The number of hydrogen-bond acceptors (Lipinski definition) is 8. The first kappa shape index (κ1) is 24.1. The summed E-state index contributed by atoms with van der Waals surface area (Å²) in [7, 11) is 1.25. The van der Waals surface area contributed by atoms with E-state index in [9.17, 15) is 25.1 Å². The second-order valence-corrected chi connectivity index (χ2v) is 8.17. The van der Waals surface area contributed by atoms with Crippen molar-refractivity contribution in [3.63, 3.8) is 0 Å². The van der Waals surface area contributed by atoms with Crippen molar-refractivity contribution >= 4 is 11.8 Å². The van der Waals surface area contributed by atoms with Gasteiger partial charge in [0.05, 0.1) is 12.0 Å². The van der Waals surface area contributed by atoms with Crippen LogP contribution in [-0.2, 0) is 4.74 Å². The summed E-state index contributed by atoms with van der Waals surface area (Å²) in [5.74, 6) is -0.313. The molecule has 10 nitrogen and oxygen atoms in total. The summed E-state index contributed by atoms with van der Waals surface area (Å²) < 4.78 is 10.3. The highest BCUT2D eigenvalue weighted by Gasteiger charge is 2.30. The fourth-order valence-corrected chi connectivity index (χ4v) is 4.40. The van der Waals surface area contributed by atoms with Gasteiger partial charge in [-0.3, -0.25) is 10.1 Å². The average Bonchev–Trinajstić information content (AvgIpc) is 3.18. The summed E-state index contributed by atoms with van der Waals surface area (Å²) >= 11 is 0. The molecule has 0 radical (unpaired) electrons. The van der Waals surface area contributed by atoms with Crippen molar-refractivity contribution in [2.45, 2.75) is 25.0 Å². The molecule has 35 heavy (non-hydrogen) atoms. The lowest BCUT2D eigenvalue weighted by Crippen LogP contribution is -2.36. The predicted octanol–water partition coefficient (Wildman–Crippen LogP) is 3.24. The third-order valence-corrected chi connectivity index (χ3v) is 6.17. The monoisotopic (exact) mass is 479 g/mol. The van der Waals surface area contributed by atoms with E-state index in [4.69, 9.17) is 9.47 Å². The van der Waals surface area contributed by atoms with Gasteiger partial charge in [0, 0.05) is 29.8 Å². The van der Waals surface area contributed by atoms with Gasteiger partial charge in [0.25, 0.3) is 5.88 Å². The minimum absolute atomic E-state index is 0.0549. The molecule has 0 saturated heterocycles. The van der Waals surface area contributed by atoms with Crippen LogP contribution in [0.15, 0.2) is 54.7 Å². The van der Waals surface area contributed by atoms with Gasteiger partial charge in [0.15, 0.2) is 0 Å². The molecular weight excluding hydrogens is 454 g/mol. The third kappa shape index (κ3) is 4.66. The van der Waals surface area contributed by atoms with E-state index in [1.54, 1.807) is 0 Å². The SMILES string of the molecule is COc1ncc(C(O)C(O)CNC(=O)OCC2c3ccccc3-c3ccccc32)c(C)c1[N+](=O)[O-]. The highest BCUT2D eigenvalue weighted by molar-refractivity contribution is 5.79. The molecule has 4 rings (SSSR count). The molecule has 2 aromatic carbocycles. The van der Waals surface area contributed by atoms with Crippen molar-refractivity contribution in [2.24, 2.45) is 0 Å². The lowest BCUT2D eigenvalue weighted by molar-refractivity contribution is -0.386. The van der Waals surface area contributed by atoms with Crippen LogP contribution in [0, 0.1) is 17.0 Å². The number of nitrogens with one attached hydrogen (secondary N) is 1. The Labute approximate surface area is 201 Å². The molecule has 0 spiro atoms. The smallest absolute Gasteiger partial charge is 0.407 e. The average molecular weight is 479 g/mol. The number of rotatable bonds is 8. The van der Waals surface area contributed by atoms with Gasteiger partial charge in [-0.1, -0.05) is 48.5 Å². The number of ether oxygens (including phenoxy) is 2. The van der Waals surface area contributed by atoms with Crippen LogP contribution in [0.1, 0.15) is 34.3 Å². The molecule has 1 aliphatic rings. The largest absolute Gasteiger partial charge is 0.476 e. The summed E-state index contributed by atoms with van der Waals surface area (Å²) in [4.78, 5) is 26.9. The van der Waals surface area contributed by atoms with Crippen molar-refractivity contribution in [1.29, 1.82) is 0 Å². The minimum atomic E-state index is -1.53. The Hall–Kier alpha value is -4.02. The van der Waals surface area contributed by atoms with Gasteiger partial charge in [-0.05, 0) is 29.2 Å². The van der Waals surface area contributed by atoms with Gasteiger partial charge < -0.3 is 25.0 Å². The Balaban J connectivity index is 1.38. The number of benzene rings is 2. The molecule has 0 fully saturated rings. The van der Waals surface area contributed by atoms with Crippen LogP contribution < -0.4 is 10.1 Å². The first-order valence-corrected chi connectivity index (χ1v) is 11.0. The molecule has 3 aromatic rings. The minimum Gasteiger partial charge on any atom is -0.476 e. The van der Waals surface area contributed by atoms with Gasteiger partial charge in [0.2, 0.25) is 0 Å². The van der Waals surface area contributed by atoms with Crippen LogP contribution in [0.4, 0.5) is 10.5 Å². The number of alkyl carbamates (subject to hydrolysis) is 1. The maximum atomic E-state index is 12.3. The van der Waals surface area contributed by atoms with Crippen molar-refractivity contribution in [1.82, 2.24) is 10.3 Å². The standard InChI is InChI=1S/C25H25N3O7/c1-14-19(11-26-24(34-2)22(14)28(32)33)23(30)21(29)12-27-25(31)35-13-20-17-9-5-3-7-15(17)16-8-4-6-10-18(16)20/h3-11,20-21,23,29-30H,12-13H2,1-2H3,(H,27,31). The fourth-order valence-electron chi connectivity index (χ4n) is 4.40. The lowest BCUT2D eigenvalue weighted by atomic mass is 9.98. The van der Waals surface area contributed by atoms with Crippen LogP contribution in [-0.4, -0.2) is 52.6 Å². The van der Waals surface area contributed by atoms with Gasteiger partial charge in [-0.15, -0.1) is 0 Å². The molecule has 2 atom stereocenters. The predicted molar refractivity (Wildman–Crippen MR) is 126 cm³/mol. The molecule has 1 aliphatic carbocycles. The van der Waals surface area contributed by atoms with E-state index in [0.29, 0.717) is 0 Å². The Morgan fingerprint density at radius 3 is 2.31 bits per heavy atom. The number of nitrogens with zero attached hydrogens (tertiary/aromatic N) is 2. The zero-order chi connectivity index (χ0) is 25.1. The van der Waals surface area contributed by atoms with Crippen molar-refractivity contribution < 1.29 is 29.4 Å². The molecule has 2 unspecified atom stereocenters. The highest BCUT2D eigenvalue weighted by atomic mass is 16.6.